The maximum atomic E-state index is 5.41. The van der Waals surface area contributed by atoms with E-state index in [-0.39, 0.29) is 0 Å². The fourth-order valence-corrected chi connectivity index (χ4v) is 3.79. The van der Waals surface area contributed by atoms with Gasteiger partial charge in [0.25, 0.3) is 0 Å². The van der Waals surface area contributed by atoms with Crippen LogP contribution >= 0.6 is 24.0 Å². The van der Waals surface area contributed by atoms with E-state index < -0.39 is 0 Å². The predicted octanol–water partition coefficient (Wildman–Crippen LogP) is 5.40. The normalized spacial score (nSPS) is 10.3. The first-order valence-corrected chi connectivity index (χ1v) is 10.7. The predicted molar refractivity (Wildman–Crippen MR) is 126 cm³/mol. The zero-order valence-corrected chi connectivity index (χ0v) is 17.6. The van der Waals surface area contributed by atoms with Gasteiger partial charge in [0, 0.05) is 42.2 Å². The van der Waals surface area contributed by atoms with Gasteiger partial charge in [-0.15, -0.1) is 11.8 Å². The first kappa shape index (κ1) is 20.2. The number of anilines is 2. The number of thioether (sulfide) groups is 1. The molecule has 28 heavy (non-hydrogen) atoms. The Kier molecular flexibility index (Phi) is 7.76. The van der Waals surface area contributed by atoms with Crippen molar-refractivity contribution >= 4 is 40.5 Å². The molecule has 0 unspecified atom stereocenters. The molecule has 3 rings (SSSR count). The van der Waals surface area contributed by atoms with Crippen molar-refractivity contribution in [2.45, 2.75) is 10.6 Å². The number of likely N-dealkylation sites (N-methyl/N-ethyl adjacent to an activating group) is 1. The Bertz CT molecular complexity index is 852. The van der Waals surface area contributed by atoms with Gasteiger partial charge in [0.15, 0.2) is 5.11 Å². The summed E-state index contributed by atoms with van der Waals surface area (Å²) in [5, 5.41) is 7.17. The molecule has 144 valence electrons. The van der Waals surface area contributed by atoms with E-state index in [0.29, 0.717) is 5.11 Å². The molecule has 0 aliphatic rings. The lowest BCUT2D eigenvalue weighted by Crippen LogP contribution is -2.35. The smallest absolute Gasteiger partial charge is 0.170 e. The Hall–Kier alpha value is -2.50. The molecule has 0 bridgehead atoms. The van der Waals surface area contributed by atoms with E-state index in [0.717, 1.165) is 24.5 Å². The molecule has 5 heteroatoms. The summed E-state index contributed by atoms with van der Waals surface area (Å²) in [7, 11) is 2.08. The monoisotopic (exact) mass is 407 g/mol. The molecular formula is C23H25N3S2. The van der Waals surface area contributed by atoms with Gasteiger partial charge in [-0.2, -0.15) is 0 Å². The van der Waals surface area contributed by atoms with Gasteiger partial charge in [0.05, 0.1) is 0 Å². The van der Waals surface area contributed by atoms with Gasteiger partial charge in [0.2, 0.25) is 0 Å². The molecule has 0 aromatic heterocycles. The maximum absolute atomic E-state index is 5.41. The van der Waals surface area contributed by atoms with Crippen molar-refractivity contribution in [1.29, 1.82) is 0 Å². The number of benzene rings is 3. The van der Waals surface area contributed by atoms with Crippen LogP contribution in [0.2, 0.25) is 0 Å². The minimum Gasteiger partial charge on any atom is -0.373 e. The third-order valence-corrected chi connectivity index (χ3v) is 5.62. The number of hydrogen-bond acceptors (Lipinski definition) is 3. The second-order valence-electron chi connectivity index (χ2n) is 6.44. The summed E-state index contributed by atoms with van der Waals surface area (Å²) in [4.78, 5) is 3.49. The van der Waals surface area contributed by atoms with Gasteiger partial charge < -0.3 is 15.5 Å². The number of rotatable bonds is 8. The van der Waals surface area contributed by atoms with Gasteiger partial charge >= 0.3 is 0 Å². The van der Waals surface area contributed by atoms with Crippen LogP contribution in [0, 0.1) is 0 Å². The van der Waals surface area contributed by atoms with Crippen LogP contribution in [0.5, 0.6) is 0 Å². The van der Waals surface area contributed by atoms with Gasteiger partial charge in [-0.25, -0.2) is 0 Å². The van der Waals surface area contributed by atoms with Gasteiger partial charge in [0.1, 0.15) is 0 Å². The maximum Gasteiger partial charge on any atom is 0.170 e. The van der Waals surface area contributed by atoms with Gasteiger partial charge in [-0.1, -0.05) is 48.5 Å². The molecule has 3 nitrogen and oxygen atoms in total. The molecule has 0 spiro atoms. The molecule has 0 fully saturated rings. The number of hydrogen-bond donors (Lipinski definition) is 2. The van der Waals surface area contributed by atoms with Crippen molar-refractivity contribution in [3.63, 3.8) is 0 Å². The first-order valence-electron chi connectivity index (χ1n) is 9.28. The second-order valence-corrected chi connectivity index (χ2v) is 7.89. The highest BCUT2D eigenvalue weighted by atomic mass is 32.2. The number of nitrogens with zero attached hydrogens (tertiary/aromatic N) is 1. The van der Waals surface area contributed by atoms with Crippen molar-refractivity contribution in [2.24, 2.45) is 0 Å². The van der Waals surface area contributed by atoms with E-state index in [2.05, 4.69) is 83.2 Å². The fourth-order valence-electron chi connectivity index (χ4n) is 2.69. The van der Waals surface area contributed by atoms with Crippen LogP contribution in [0.15, 0.2) is 89.8 Å². The molecule has 0 radical (unpaired) electrons. The molecule has 3 aromatic carbocycles. The average Bonchev–Trinajstić information content (AvgIpc) is 2.74. The minimum absolute atomic E-state index is 0.646. The minimum atomic E-state index is 0.646. The highest BCUT2D eigenvalue weighted by molar-refractivity contribution is 7.98. The number of thiocarbonyl (C=S) groups is 1. The van der Waals surface area contributed by atoms with Crippen LogP contribution in [0.3, 0.4) is 0 Å². The highest BCUT2D eigenvalue weighted by Crippen LogP contribution is 2.23. The molecule has 3 aromatic rings. The van der Waals surface area contributed by atoms with Crippen molar-refractivity contribution in [2.75, 3.05) is 30.4 Å². The summed E-state index contributed by atoms with van der Waals surface area (Å²) in [6, 6.07) is 29.2. The van der Waals surface area contributed by atoms with Crippen LogP contribution in [-0.2, 0) is 5.75 Å². The molecule has 0 amide bonds. The van der Waals surface area contributed by atoms with E-state index in [1.807, 2.05) is 36.0 Å². The quantitative estimate of drug-likeness (QED) is 0.385. The summed E-state index contributed by atoms with van der Waals surface area (Å²) in [5.74, 6) is 0.957. The van der Waals surface area contributed by atoms with E-state index in [4.69, 9.17) is 12.2 Å². The highest BCUT2D eigenvalue weighted by Gasteiger charge is 2.02. The molecule has 0 aliphatic heterocycles. The molecule has 0 saturated carbocycles. The molecule has 2 N–H and O–H groups in total. The van der Waals surface area contributed by atoms with E-state index >= 15 is 0 Å². The Morgan fingerprint density at radius 2 is 1.54 bits per heavy atom. The van der Waals surface area contributed by atoms with Gasteiger partial charge in [-0.05, 0) is 54.2 Å². The third-order valence-electron chi connectivity index (χ3n) is 4.29. The lowest BCUT2D eigenvalue weighted by Gasteiger charge is -2.20. The average molecular weight is 408 g/mol. The van der Waals surface area contributed by atoms with E-state index in [1.165, 1.54) is 16.1 Å². The third kappa shape index (κ3) is 6.59. The van der Waals surface area contributed by atoms with Crippen LogP contribution in [0.4, 0.5) is 11.4 Å². The van der Waals surface area contributed by atoms with Crippen molar-refractivity contribution < 1.29 is 0 Å². The Labute approximate surface area is 177 Å². The first-order chi connectivity index (χ1) is 13.7. The van der Waals surface area contributed by atoms with E-state index in [9.17, 15) is 0 Å². The molecule has 0 aliphatic carbocycles. The Balaban J connectivity index is 1.39. The standard InChI is InChI=1S/C23H25N3S2/c1-26(21-8-4-2-5-9-21)17-16-24-23(27)25-20-14-12-19(13-15-20)18-28-22-10-6-3-7-11-22/h2-15H,16-18H2,1H3,(H2,24,25,27). The lowest BCUT2D eigenvalue weighted by molar-refractivity contribution is 0.827. The summed E-state index contributed by atoms with van der Waals surface area (Å²) in [5.41, 5.74) is 3.50. The van der Waals surface area contributed by atoms with Crippen molar-refractivity contribution in [3.05, 3.63) is 90.5 Å². The summed E-state index contributed by atoms with van der Waals surface area (Å²) >= 11 is 7.25. The molecule has 0 atom stereocenters. The molecule has 0 heterocycles. The SMILES string of the molecule is CN(CCNC(=S)Nc1ccc(CSc2ccccc2)cc1)c1ccccc1. The van der Waals surface area contributed by atoms with E-state index in [1.54, 1.807) is 0 Å². The second kappa shape index (κ2) is 10.7. The number of nitrogens with one attached hydrogen (secondary N) is 2. The number of para-hydroxylation sites is 1. The van der Waals surface area contributed by atoms with Crippen molar-refractivity contribution in [1.82, 2.24) is 5.32 Å². The Morgan fingerprint density at radius 1 is 0.893 bits per heavy atom. The van der Waals surface area contributed by atoms with Gasteiger partial charge in [-0.3, -0.25) is 0 Å². The summed E-state index contributed by atoms with van der Waals surface area (Å²) in [6.07, 6.45) is 0. The largest absolute Gasteiger partial charge is 0.373 e. The Morgan fingerprint density at radius 3 is 2.21 bits per heavy atom. The topological polar surface area (TPSA) is 27.3 Å². The van der Waals surface area contributed by atoms with Crippen LogP contribution in [-0.4, -0.2) is 25.2 Å². The van der Waals surface area contributed by atoms with Crippen LogP contribution in [0.25, 0.3) is 0 Å². The lowest BCUT2D eigenvalue weighted by atomic mass is 10.2. The van der Waals surface area contributed by atoms with Crippen LogP contribution in [0.1, 0.15) is 5.56 Å². The zero-order chi connectivity index (χ0) is 19.6. The van der Waals surface area contributed by atoms with Crippen molar-refractivity contribution in [3.8, 4) is 0 Å². The molecular weight excluding hydrogens is 382 g/mol. The molecule has 0 saturated heterocycles. The zero-order valence-electron chi connectivity index (χ0n) is 16.0. The summed E-state index contributed by atoms with van der Waals surface area (Å²) < 4.78 is 0. The fraction of sp³-hybridized carbons (Fsp3) is 0.174. The van der Waals surface area contributed by atoms with Crippen LogP contribution < -0.4 is 15.5 Å². The summed E-state index contributed by atoms with van der Waals surface area (Å²) in [6.45, 7) is 1.66.